The summed E-state index contributed by atoms with van der Waals surface area (Å²) >= 11 is 0. The van der Waals surface area contributed by atoms with Gasteiger partial charge in [-0.05, 0) is 38.1 Å². The van der Waals surface area contributed by atoms with Gasteiger partial charge < -0.3 is 15.5 Å². The SMILES string of the molecule is CCN(c1ccccc1)c1ncnc(N(CC)c2ccccc2)c1N. The largest absolute Gasteiger partial charge is 0.393 e. The van der Waals surface area contributed by atoms with Crippen molar-refractivity contribution in [3.05, 3.63) is 67.0 Å². The zero-order chi connectivity index (χ0) is 17.6. The predicted octanol–water partition coefficient (Wildman–Crippen LogP) is 4.37. The van der Waals surface area contributed by atoms with Crippen LogP contribution < -0.4 is 15.5 Å². The normalized spacial score (nSPS) is 10.5. The molecule has 0 radical (unpaired) electrons. The summed E-state index contributed by atoms with van der Waals surface area (Å²) in [5.74, 6) is 1.46. The first-order chi connectivity index (χ1) is 12.3. The molecule has 0 unspecified atom stereocenters. The Hall–Kier alpha value is -3.08. The van der Waals surface area contributed by atoms with Crippen molar-refractivity contribution in [3.63, 3.8) is 0 Å². The molecule has 5 heteroatoms. The van der Waals surface area contributed by atoms with E-state index in [4.69, 9.17) is 5.73 Å². The molecule has 25 heavy (non-hydrogen) atoms. The molecule has 2 N–H and O–H groups in total. The highest BCUT2D eigenvalue weighted by atomic mass is 15.3. The third-order valence-electron chi connectivity index (χ3n) is 4.12. The summed E-state index contributed by atoms with van der Waals surface area (Å²) < 4.78 is 0. The summed E-state index contributed by atoms with van der Waals surface area (Å²) in [5, 5.41) is 0. The highest BCUT2D eigenvalue weighted by molar-refractivity contribution is 5.82. The summed E-state index contributed by atoms with van der Waals surface area (Å²) in [6.07, 6.45) is 1.58. The first-order valence-corrected chi connectivity index (χ1v) is 8.51. The zero-order valence-corrected chi connectivity index (χ0v) is 14.6. The molecule has 3 rings (SSSR count). The maximum Gasteiger partial charge on any atom is 0.161 e. The van der Waals surface area contributed by atoms with Crippen LogP contribution in [0.2, 0.25) is 0 Å². The number of hydrogen-bond acceptors (Lipinski definition) is 5. The van der Waals surface area contributed by atoms with Crippen LogP contribution in [0.25, 0.3) is 0 Å². The number of benzene rings is 2. The van der Waals surface area contributed by atoms with E-state index in [1.54, 1.807) is 6.33 Å². The van der Waals surface area contributed by atoms with Gasteiger partial charge in [0.05, 0.1) is 0 Å². The Morgan fingerprint density at radius 3 is 1.48 bits per heavy atom. The molecule has 0 fully saturated rings. The number of anilines is 5. The lowest BCUT2D eigenvalue weighted by Crippen LogP contribution is -2.23. The lowest BCUT2D eigenvalue weighted by Gasteiger charge is -2.28. The minimum Gasteiger partial charge on any atom is -0.393 e. The Labute approximate surface area is 148 Å². The molecule has 128 valence electrons. The zero-order valence-electron chi connectivity index (χ0n) is 14.6. The second-order valence-corrected chi connectivity index (χ2v) is 5.59. The van der Waals surface area contributed by atoms with Gasteiger partial charge in [-0.15, -0.1) is 0 Å². The lowest BCUT2D eigenvalue weighted by molar-refractivity contribution is 0.949. The maximum absolute atomic E-state index is 6.50. The molecule has 1 aromatic heterocycles. The number of nitrogen functional groups attached to an aromatic ring is 1. The summed E-state index contributed by atoms with van der Waals surface area (Å²) in [4.78, 5) is 13.1. The molecule has 0 amide bonds. The van der Waals surface area contributed by atoms with E-state index in [1.165, 1.54) is 0 Å². The van der Waals surface area contributed by atoms with Crippen molar-refractivity contribution >= 4 is 28.7 Å². The number of rotatable bonds is 6. The topological polar surface area (TPSA) is 58.3 Å². The fourth-order valence-corrected chi connectivity index (χ4v) is 2.93. The molecule has 3 aromatic rings. The van der Waals surface area contributed by atoms with E-state index in [0.717, 1.165) is 36.1 Å². The fraction of sp³-hybridized carbons (Fsp3) is 0.200. The third-order valence-corrected chi connectivity index (χ3v) is 4.12. The summed E-state index contributed by atoms with van der Waals surface area (Å²) in [7, 11) is 0. The van der Waals surface area contributed by atoms with Crippen molar-refractivity contribution in [1.29, 1.82) is 0 Å². The van der Waals surface area contributed by atoms with Gasteiger partial charge in [-0.25, -0.2) is 9.97 Å². The van der Waals surface area contributed by atoms with Crippen molar-refractivity contribution in [2.24, 2.45) is 0 Å². The van der Waals surface area contributed by atoms with Crippen LogP contribution in [0.4, 0.5) is 28.7 Å². The van der Waals surface area contributed by atoms with Gasteiger partial charge in [-0.3, -0.25) is 0 Å². The summed E-state index contributed by atoms with van der Waals surface area (Å²) in [6.45, 7) is 5.70. The van der Waals surface area contributed by atoms with Crippen molar-refractivity contribution in [1.82, 2.24) is 9.97 Å². The Morgan fingerprint density at radius 2 is 1.12 bits per heavy atom. The molecule has 0 aliphatic carbocycles. The van der Waals surface area contributed by atoms with Gasteiger partial charge in [-0.1, -0.05) is 36.4 Å². The van der Waals surface area contributed by atoms with Crippen LogP contribution in [0.5, 0.6) is 0 Å². The van der Waals surface area contributed by atoms with Crippen LogP contribution in [0, 0.1) is 0 Å². The second-order valence-electron chi connectivity index (χ2n) is 5.59. The van der Waals surface area contributed by atoms with Crippen LogP contribution in [0.3, 0.4) is 0 Å². The molecule has 0 aliphatic heterocycles. The average molecular weight is 333 g/mol. The monoisotopic (exact) mass is 333 g/mol. The van der Waals surface area contributed by atoms with E-state index in [-0.39, 0.29) is 0 Å². The average Bonchev–Trinajstić information content (AvgIpc) is 2.67. The summed E-state index contributed by atoms with van der Waals surface area (Å²) in [5.41, 5.74) is 9.20. The minimum atomic E-state index is 0.582. The van der Waals surface area contributed by atoms with E-state index in [2.05, 4.69) is 57.9 Å². The molecule has 0 atom stereocenters. The molecule has 0 bridgehead atoms. The van der Waals surface area contributed by atoms with Crippen molar-refractivity contribution < 1.29 is 0 Å². The van der Waals surface area contributed by atoms with E-state index in [9.17, 15) is 0 Å². The van der Waals surface area contributed by atoms with Crippen molar-refractivity contribution in [2.45, 2.75) is 13.8 Å². The molecular formula is C20H23N5. The molecule has 2 aromatic carbocycles. The number of nitrogens with two attached hydrogens (primary N) is 1. The molecule has 0 saturated carbocycles. The number of aromatic nitrogens is 2. The molecule has 1 heterocycles. The summed E-state index contributed by atoms with van der Waals surface area (Å²) in [6, 6.07) is 20.3. The molecular weight excluding hydrogens is 310 g/mol. The molecule has 0 spiro atoms. The Kier molecular flexibility index (Phi) is 5.14. The smallest absolute Gasteiger partial charge is 0.161 e. The van der Waals surface area contributed by atoms with Gasteiger partial charge >= 0.3 is 0 Å². The van der Waals surface area contributed by atoms with Crippen molar-refractivity contribution in [3.8, 4) is 0 Å². The first kappa shape index (κ1) is 16.8. The molecule has 0 aliphatic rings. The van der Waals surface area contributed by atoms with E-state index in [1.807, 2.05) is 36.4 Å². The van der Waals surface area contributed by atoms with E-state index < -0.39 is 0 Å². The second kappa shape index (κ2) is 7.66. The number of hydrogen-bond donors (Lipinski definition) is 1. The van der Waals surface area contributed by atoms with Crippen LogP contribution in [0.1, 0.15) is 13.8 Å². The van der Waals surface area contributed by atoms with E-state index in [0.29, 0.717) is 5.69 Å². The van der Waals surface area contributed by atoms with E-state index >= 15 is 0 Å². The number of nitrogens with zero attached hydrogens (tertiary/aromatic N) is 4. The van der Waals surface area contributed by atoms with Gasteiger partial charge in [-0.2, -0.15) is 0 Å². The maximum atomic E-state index is 6.50. The lowest BCUT2D eigenvalue weighted by atomic mass is 10.2. The van der Waals surface area contributed by atoms with Crippen LogP contribution in [0.15, 0.2) is 67.0 Å². The van der Waals surface area contributed by atoms with Crippen molar-refractivity contribution in [2.75, 3.05) is 28.6 Å². The fourth-order valence-electron chi connectivity index (χ4n) is 2.93. The quantitative estimate of drug-likeness (QED) is 0.725. The molecule has 0 saturated heterocycles. The Balaban J connectivity index is 2.05. The minimum absolute atomic E-state index is 0.582. The van der Waals surface area contributed by atoms with Gasteiger partial charge in [0.1, 0.15) is 12.0 Å². The highest BCUT2D eigenvalue weighted by Crippen LogP contribution is 2.35. The Morgan fingerprint density at radius 1 is 0.720 bits per heavy atom. The van der Waals surface area contributed by atoms with Gasteiger partial charge in [0.15, 0.2) is 11.6 Å². The predicted molar refractivity (Wildman–Crippen MR) is 105 cm³/mol. The van der Waals surface area contributed by atoms with Crippen LogP contribution >= 0.6 is 0 Å². The third kappa shape index (κ3) is 3.40. The number of para-hydroxylation sites is 2. The molecule has 5 nitrogen and oxygen atoms in total. The van der Waals surface area contributed by atoms with Gasteiger partial charge in [0.25, 0.3) is 0 Å². The Bertz CT molecular complexity index is 739. The van der Waals surface area contributed by atoms with Gasteiger partial charge in [0, 0.05) is 24.5 Å². The standard InChI is InChI=1S/C20H23N5/c1-3-24(16-11-7-5-8-12-16)19-18(21)20(23-15-22-19)25(4-2)17-13-9-6-10-14-17/h5-15H,3-4,21H2,1-2H3. The highest BCUT2D eigenvalue weighted by Gasteiger charge is 2.19. The van der Waals surface area contributed by atoms with Crippen LogP contribution in [-0.4, -0.2) is 23.1 Å². The van der Waals surface area contributed by atoms with Crippen LogP contribution in [-0.2, 0) is 0 Å². The first-order valence-electron chi connectivity index (χ1n) is 8.51. The van der Waals surface area contributed by atoms with Gasteiger partial charge in [0.2, 0.25) is 0 Å².